The highest BCUT2D eigenvalue weighted by molar-refractivity contribution is 7.13. The number of benzene rings is 1. The maximum atomic E-state index is 12.8. The van der Waals surface area contributed by atoms with Crippen LogP contribution in [0.3, 0.4) is 0 Å². The molecular weight excluding hydrogens is 398 g/mol. The Labute approximate surface area is 178 Å². The van der Waals surface area contributed by atoms with Gasteiger partial charge in [0.25, 0.3) is 5.91 Å². The molecular formula is C23H21N3O3S. The van der Waals surface area contributed by atoms with Gasteiger partial charge in [0.2, 0.25) is 0 Å². The number of fused-ring (bicyclic) bond motifs is 1. The molecule has 0 unspecified atom stereocenters. The lowest BCUT2D eigenvalue weighted by Crippen LogP contribution is -2.50. The molecule has 152 valence electrons. The van der Waals surface area contributed by atoms with E-state index in [0.717, 1.165) is 24.1 Å². The molecule has 1 aliphatic carbocycles. The quantitative estimate of drug-likeness (QED) is 0.616. The van der Waals surface area contributed by atoms with Gasteiger partial charge in [0.1, 0.15) is 5.54 Å². The number of pyridine rings is 1. The molecule has 3 aromatic rings. The predicted octanol–water partition coefficient (Wildman–Crippen LogP) is 4.46. The van der Waals surface area contributed by atoms with Gasteiger partial charge in [-0.05, 0) is 36.4 Å². The van der Waals surface area contributed by atoms with Gasteiger partial charge in [-0.25, -0.2) is 9.78 Å². The Bertz CT molecular complexity index is 1110. The number of nitrogens with zero attached hydrogens (tertiary/aromatic N) is 2. The Morgan fingerprint density at radius 2 is 1.97 bits per heavy atom. The summed E-state index contributed by atoms with van der Waals surface area (Å²) in [5, 5.41) is 14.9. The van der Waals surface area contributed by atoms with Gasteiger partial charge in [0, 0.05) is 5.39 Å². The largest absolute Gasteiger partial charge is 0.452 e. The van der Waals surface area contributed by atoms with E-state index in [1.807, 2.05) is 41.8 Å². The summed E-state index contributed by atoms with van der Waals surface area (Å²) in [5.74, 6) is -1.04. The lowest BCUT2D eigenvalue weighted by Gasteiger charge is -2.31. The van der Waals surface area contributed by atoms with Crippen molar-refractivity contribution in [3.8, 4) is 16.6 Å². The summed E-state index contributed by atoms with van der Waals surface area (Å²) in [4.78, 5) is 30.8. The minimum Gasteiger partial charge on any atom is -0.452 e. The topological polar surface area (TPSA) is 92.1 Å². The molecule has 1 amide bonds. The van der Waals surface area contributed by atoms with Crippen molar-refractivity contribution in [2.24, 2.45) is 0 Å². The number of para-hydroxylation sites is 1. The smallest absolute Gasteiger partial charge is 0.339 e. The second kappa shape index (κ2) is 8.64. The van der Waals surface area contributed by atoms with E-state index < -0.39 is 24.0 Å². The molecule has 0 saturated heterocycles. The average molecular weight is 420 g/mol. The molecule has 0 bridgehead atoms. The van der Waals surface area contributed by atoms with Gasteiger partial charge in [-0.1, -0.05) is 43.5 Å². The highest BCUT2D eigenvalue weighted by Gasteiger charge is 2.33. The van der Waals surface area contributed by atoms with Gasteiger partial charge in [0.15, 0.2) is 6.61 Å². The van der Waals surface area contributed by atoms with Crippen LogP contribution in [-0.2, 0) is 9.53 Å². The molecule has 4 rings (SSSR count). The molecule has 0 atom stereocenters. The van der Waals surface area contributed by atoms with Crippen molar-refractivity contribution in [1.82, 2.24) is 10.3 Å². The van der Waals surface area contributed by atoms with Crippen molar-refractivity contribution in [2.45, 2.75) is 37.6 Å². The standard InChI is InChI=1S/C23H21N3O3S/c24-15-23(10-4-1-5-11-23)26-21(27)14-29-22(28)17-13-19(20-9-6-12-30-20)25-18-8-3-2-7-16(17)18/h2-3,6-9,12-13H,1,4-5,10-11,14H2,(H,26,27). The van der Waals surface area contributed by atoms with Crippen LogP contribution in [0.4, 0.5) is 0 Å². The molecule has 7 heteroatoms. The molecule has 0 spiro atoms. The minimum atomic E-state index is -0.850. The number of esters is 1. The maximum absolute atomic E-state index is 12.8. The number of amides is 1. The van der Waals surface area contributed by atoms with Crippen molar-refractivity contribution in [3.63, 3.8) is 0 Å². The van der Waals surface area contributed by atoms with Crippen molar-refractivity contribution >= 4 is 34.1 Å². The predicted molar refractivity (Wildman–Crippen MR) is 115 cm³/mol. The van der Waals surface area contributed by atoms with Crippen molar-refractivity contribution in [1.29, 1.82) is 5.26 Å². The highest BCUT2D eigenvalue weighted by atomic mass is 32.1. The Balaban J connectivity index is 1.52. The molecule has 2 aromatic heterocycles. The van der Waals surface area contributed by atoms with E-state index in [1.54, 1.807) is 6.07 Å². The molecule has 6 nitrogen and oxygen atoms in total. The van der Waals surface area contributed by atoms with Crippen LogP contribution < -0.4 is 5.32 Å². The fourth-order valence-corrected chi connectivity index (χ4v) is 4.51. The van der Waals surface area contributed by atoms with Crippen LogP contribution in [0.1, 0.15) is 42.5 Å². The second-order valence-corrected chi connectivity index (χ2v) is 8.38. The van der Waals surface area contributed by atoms with Crippen LogP contribution in [0.5, 0.6) is 0 Å². The molecule has 0 aliphatic heterocycles. The molecule has 1 aliphatic rings. The fraction of sp³-hybridized carbons (Fsp3) is 0.304. The summed E-state index contributed by atoms with van der Waals surface area (Å²) >= 11 is 1.54. The van der Waals surface area contributed by atoms with Gasteiger partial charge >= 0.3 is 5.97 Å². The molecule has 1 saturated carbocycles. The first-order valence-corrected chi connectivity index (χ1v) is 10.8. The Morgan fingerprint density at radius 3 is 2.70 bits per heavy atom. The van der Waals surface area contributed by atoms with E-state index in [4.69, 9.17) is 4.74 Å². The van der Waals surface area contributed by atoms with Crippen molar-refractivity contribution in [3.05, 3.63) is 53.4 Å². The Kier molecular flexibility index (Phi) is 5.77. The number of nitriles is 1. The minimum absolute atomic E-state index is 0.365. The number of carbonyl (C=O) groups excluding carboxylic acids is 2. The van der Waals surface area contributed by atoms with Crippen LogP contribution in [0, 0.1) is 11.3 Å². The van der Waals surface area contributed by atoms with Crippen molar-refractivity contribution in [2.75, 3.05) is 6.61 Å². The third kappa shape index (κ3) is 4.19. The summed E-state index contributed by atoms with van der Waals surface area (Å²) in [6.07, 6.45) is 4.13. The number of ether oxygens (including phenoxy) is 1. The first-order chi connectivity index (χ1) is 14.6. The summed E-state index contributed by atoms with van der Waals surface area (Å²) in [7, 11) is 0. The normalized spacial score (nSPS) is 15.3. The number of rotatable bonds is 5. The summed E-state index contributed by atoms with van der Waals surface area (Å²) < 4.78 is 5.32. The maximum Gasteiger partial charge on any atom is 0.339 e. The molecule has 1 fully saturated rings. The van der Waals surface area contributed by atoms with E-state index in [1.165, 1.54) is 11.3 Å². The fourth-order valence-electron chi connectivity index (χ4n) is 3.83. The van der Waals surface area contributed by atoms with E-state index in [0.29, 0.717) is 35.0 Å². The Morgan fingerprint density at radius 1 is 1.17 bits per heavy atom. The zero-order valence-corrected chi connectivity index (χ0v) is 17.2. The molecule has 2 heterocycles. The number of carbonyl (C=O) groups is 2. The van der Waals surface area contributed by atoms with Crippen LogP contribution in [0.2, 0.25) is 0 Å². The molecule has 1 aromatic carbocycles. The highest BCUT2D eigenvalue weighted by Crippen LogP contribution is 2.29. The summed E-state index contributed by atoms with van der Waals surface area (Å²) in [6.45, 7) is -0.423. The van der Waals surface area contributed by atoms with E-state index in [2.05, 4.69) is 16.4 Å². The monoisotopic (exact) mass is 419 g/mol. The third-order valence-corrected chi connectivity index (χ3v) is 6.24. The molecule has 1 N–H and O–H groups in total. The number of aromatic nitrogens is 1. The molecule has 0 radical (unpaired) electrons. The van der Waals surface area contributed by atoms with Crippen LogP contribution in [-0.4, -0.2) is 29.0 Å². The first kappa shape index (κ1) is 20.0. The number of thiophene rings is 1. The Hall–Kier alpha value is -3.24. The van der Waals surface area contributed by atoms with Gasteiger partial charge in [0.05, 0.1) is 27.7 Å². The lowest BCUT2D eigenvalue weighted by atomic mass is 9.83. The zero-order chi connectivity index (χ0) is 21.0. The second-order valence-electron chi connectivity index (χ2n) is 7.43. The van der Waals surface area contributed by atoms with Crippen LogP contribution in [0.15, 0.2) is 47.8 Å². The van der Waals surface area contributed by atoms with Gasteiger partial charge in [-0.3, -0.25) is 4.79 Å². The number of hydrogen-bond donors (Lipinski definition) is 1. The van der Waals surface area contributed by atoms with E-state index in [9.17, 15) is 14.9 Å². The number of hydrogen-bond acceptors (Lipinski definition) is 6. The van der Waals surface area contributed by atoms with E-state index >= 15 is 0 Å². The number of nitrogens with one attached hydrogen (secondary N) is 1. The van der Waals surface area contributed by atoms with Gasteiger partial charge in [-0.2, -0.15) is 5.26 Å². The van der Waals surface area contributed by atoms with Crippen molar-refractivity contribution < 1.29 is 14.3 Å². The SMILES string of the molecule is N#CC1(NC(=O)COC(=O)c2cc(-c3cccs3)nc3ccccc23)CCCCC1. The molecule has 30 heavy (non-hydrogen) atoms. The zero-order valence-electron chi connectivity index (χ0n) is 16.4. The van der Waals surface area contributed by atoms with E-state index in [-0.39, 0.29) is 0 Å². The summed E-state index contributed by atoms with van der Waals surface area (Å²) in [5.41, 5.74) is 0.887. The van der Waals surface area contributed by atoms with Gasteiger partial charge < -0.3 is 10.1 Å². The first-order valence-electron chi connectivity index (χ1n) is 9.93. The third-order valence-electron chi connectivity index (χ3n) is 5.34. The summed E-state index contributed by atoms with van der Waals surface area (Å²) in [6, 6.07) is 15.1. The van der Waals surface area contributed by atoms with Crippen LogP contribution >= 0.6 is 11.3 Å². The average Bonchev–Trinajstić information content (AvgIpc) is 3.32. The lowest BCUT2D eigenvalue weighted by molar-refractivity contribution is -0.125. The van der Waals surface area contributed by atoms with Crippen LogP contribution in [0.25, 0.3) is 21.5 Å². The van der Waals surface area contributed by atoms with Gasteiger partial charge in [-0.15, -0.1) is 11.3 Å².